The summed E-state index contributed by atoms with van der Waals surface area (Å²) in [4.78, 5) is 0. The van der Waals surface area contributed by atoms with Gasteiger partial charge in [-0.1, -0.05) is 25.7 Å². The molecule has 2 aliphatic rings. The fourth-order valence-corrected chi connectivity index (χ4v) is 3.65. The number of hydrogen-bond acceptors (Lipinski definition) is 2. The van der Waals surface area contributed by atoms with E-state index in [0.29, 0.717) is 12.1 Å². The number of nitrogens with two attached hydrogens (primary N) is 1. The lowest BCUT2D eigenvalue weighted by atomic mass is 9.84. The highest BCUT2D eigenvalue weighted by atomic mass is 15.0. The molecule has 0 spiro atoms. The van der Waals surface area contributed by atoms with E-state index in [-0.39, 0.29) is 0 Å². The monoisotopic (exact) mass is 224 g/mol. The first-order valence-electron chi connectivity index (χ1n) is 7.27. The van der Waals surface area contributed by atoms with Crippen molar-refractivity contribution >= 4 is 0 Å². The molecule has 2 aliphatic carbocycles. The van der Waals surface area contributed by atoms with Crippen LogP contribution in [-0.2, 0) is 0 Å². The third-order valence-electron chi connectivity index (χ3n) is 4.80. The van der Waals surface area contributed by atoms with E-state index in [9.17, 15) is 0 Å². The lowest BCUT2D eigenvalue weighted by Gasteiger charge is -2.32. The van der Waals surface area contributed by atoms with Crippen molar-refractivity contribution in [3.63, 3.8) is 0 Å². The molecule has 0 aromatic rings. The molecule has 0 amide bonds. The van der Waals surface area contributed by atoms with E-state index < -0.39 is 0 Å². The molecule has 0 aromatic heterocycles. The van der Waals surface area contributed by atoms with Gasteiger partial charge in [0, 0.05) is 12.1 Å². The van der Waals surface area contributed by atoms with E-state index in [2.05, 4.69) is 12.2 Å². The SMILES string of the molecule is C[C@@H](NC1CCCC1CN)C1CCCCC1. The lowest BCUT2D eigenvalue weighted by Crippen LogP contribution is -2.44. The third-order valence-corrected chi connectivity index (χ3v) is 4.80. The third kappa shape index (κ3) is 2.98. The van der Waals surface area contributed by atoms with Crippen molar-refractivity contribution in [1.82, 2.24) is 5.32 Å². The van der Waals surface area contributed by atoms with Crippen molar-refractivity contribution in [3.8, 4) is 0 Å². The number of nitrogens with one attached hydrogen (secondary N) is 1. The highest BCUT2D eigenvalue weighted by Crippen LogP contribution is 2.29. The summed E-state index contributed by atoms with van der Waals surface area (Å²) in [7, 11) is 0. The molecule has 2 rings (SSSR count). The quantitative estimate of drug-likeness (QED) is 0.770. The van der Waals surface area contributed by atoms with Crippen molar-refractivity contribution < 1.29 is 0 Å². The van der Waals surface area contributed by atoms with Crippen LogP contribution in [0.4, 0.5) is 0 Å². The molecular weight excluding hydrogens is 196 g/mol. The Morgan fingerprint density at radius 2 is 1.81 bits per heavy atom. The molecular formula is C14H28N2. The van der Waals surface area contributed by atoms with Gasteiger partial charge in [-0.3, -0.25) is 0 Å². The van der Waals surface area contributed by atoms with Crippen molar-refractivity contribution in [2.75, 3.05) is 6.54 Å². The zero-order valence-electron chi connectivity index (χ0n) is 10.8. The summed E-state index contributed by atoms with van der Waals surface area (Å²) in [6.45, 7) is 3.26. The second-order valence-electron chi connectivity index (χ2n) is 5.89. The van der Waals surface area contributed by atoms with Crippen LogP contribution in [0.2, 0.25) is 0 Å². The molecule has 2 saturated carbocycles. The van der Waals surface area contributed by atoms with Crippen LogP contribution >= 0.6 is 0 Å². The fraction of sp³-hybridized carbons (Fsp3) is 1.00. The van der Waals surface area contributed by atoms with Gasteiger partial charge in [0.15, 0.2) is 0 Å². The second kappa shape index (κ2) is 6.02. The number of hydrogen-bond donors (Lipinski definition) is 2. The second-order valence-corrected chi connectivity index (χ2v) is 5.89. The topological polar surface area (TPSA) is 38.0 Å². The van der Waals surface area contributed by atoms with E-state index in [1.807, 2.05) is 0 Å². The van der Waals surface area contributed by atoms with Gasteiger partial charge < -0.3 is 11.1 Å². The molecule has 2 fully saturated rings. The van der Waals surface area contributed by atoms with Gasteiger partial charge in [-0.2, -0.15) is 0 Å². The largest absolute Gasteiger partial charge is 0.330 e. The molecule has 3 N–H and O–H groups in total. The predicted octanol–water partition coefficient (Wildman–Crippen LogP) is 2.67. The highest BCUT2D eigenvalue weighted by Gasteiger charge is 2.29. The minimum Gasteiger partial charge on any atom is -0.330 e. The summed E-state index contributed by atoms with van der Waals surface area (Å²) >= 11 is 0. The molecule has 3 atom stereocenters. The standard InChI is InChI=1S/C14H28N2/c1-11(12-6-3-2-4-7-12)16-14-9-5-8-13(14)10-15/h11-14,16H,2-10,15H2,1H3/t11-,13?,14?/m1/s1. The fourth-order valence-electron chi connectivity index (χ4n) is 3.65. The van der Waals surface area contributed by atoms with Gasteiger partial charge in [0.2, 0.25) is 0 Å². The molecule has 0 aliphatic heterocycles. The van der Waals surface area contributed by atoms with Crippen molar-refractivity contribution in [2.24, 2.45) is 17.6 Å². The van der Waals surface area contributed by atoms with Crippen LogP contribution in [0.1, 0.15) is 58.3 Å². The first kappa shape index (κ1) is 12.4. The Morgan fingerprint density at radius 3 is 2.50 bits per heavy atom. The van der Waals surface area contributed by atoms with Crippen LogP contribution in [0.15, 0.2) is 0 Å². The van der Waals surface area contributed by atoms with Crippen molar-refractivity contribution in [1.29, 1.82) is 0 Å². The Kier molecular flexibility index (Phi) is 4.66. The summed E-state index contributed by atoms with van der Waals surface area (Å²) in [6, 6.07) is 1.42. The Bertz CT molecular complexity index is 199. The molecule has 94 valence electrons. The van der Waals surface area contributed by atoms with Crippen LogP contribution in [0.5, 0.6) is 0 Å². The zero-order valence-corrected chi connectivity index (χ0v) is 10.8. The van der Waals surface area contributed by atoms with Crippen LogP contribution in [0.3, 0.4) is 0 Å². The van der Waals surface area contributed by atoms with E-state index in [1.54, 1.807) is 0 Å². The van der Waals surface area contributed by atoms with E-state index >= 15 is 0 Å². The van der Waals surface area contributed by atoms with Gasteiger partial charge in [0.05, 0.1) is 0 Å². The van der Waals surface area contributed by atoms with Gasteiger partial charge in [-0.05, 0) is 51.0 Å². The summed E-state index contributed by atoms with van der Waals surface area (Å²) in [6.07, 6.45) is 11.3. The molecule has 0 heterocycles. The lowest BCUT2D eigenvalue weighted by molar-refractivity contribution is 0.248. The van der Waals surface area contributed by atoms with Crippen molar-refractivity contribution in [2.45, 2.75) is 70.4 Å². The smallest absolute Gasteiger partial charge is 0.0110 e. The maximum absolute atomic E-state index is 5.84. The maximum atomic E-state index is 5.84. The Morgan fingerprint density at radius 1 is 1.06 bits per heavy atom. The van der Waals surface area contributed by atoms with Crippen LogP contribution < -0.4 is 11.1 Å². The minimum atomic E-state index is 0.706. The van der Waals surface area contributed by atoms with Gasteiger partial charge in [-0.15, -0.1) is 0 Å². The molecule has 2 heteroatoms. The average Bonchev–Trinajstić information content (AvgIpc) is 2.77. The summed E-state index contributed by atoms with van der Waals surface area (Å²) in [5.74, 6) is 1.67. The molecule has 0 saturated heterocycles. The Hall–Kier alpha value is -0.0800. The predicted molar refractivity (Wildman–Crippen MR) is 69.4 cm³/mol. The first-order valence-corrected chi connectivity index (χ1v) is 7.27. The molecule has 16 heavy (non-hydrogen) atoms. The summed E-state index contributed by atoms with van der Waals surface area (Å²) in [5, 5.41) is 3.87. The van der Waals surface area contributed by atoms with Crippen LogP contribution in [0, 0.1) is 11.8 Å². The number of rotatable bonds is 4. The molecule has 2 unspecified atom stereocenters. The van der Waals surface area contributed by atoms with Crippen molar-refractivity contribution in [3.05, 3.63) is 0 Å². The molecule has 2 nitrogen and oxygen atoms in total. The van der Waals surface area contributed by atoms with E-state index in [0.717, 1.165) is 18.4 Å². The van der Waals surface area contributed by atoms with Gasteiger partial charge >= 0.3 is 0 Å². The average molecular weight is 224 g/mol. The summed E-state index contributed by atoms with van der Waals surface area (Å²) in [5.41, 5.74) is 5.84. The Balaban J connectivity index is 1.78. The molecule has 0 bridgehead atoms. The van der Waals surface area contributed by atoms with E-state index in [1.165, 1.54) is 51.4 Å². The maximum Gasteiger partial charge on any atom is 0.0110 e. The van der Waals surface area contributed by atoms with Gasteiger partial charge in [0.25, 0.3) is 0 Å². The summed E-state index contributed by atoms with van der Waals surface area (Å²) < 4.78 is 0. The van der Waals surface area contributed by atoms with E-state index in [4.69, 9.17) is 5.73 Å². The van der Waals surface area contributed by atoms with Gasteiger partial charge in [0.1, 0.15) is 0 Å². The normalized spacial score (nSPS) is 34.1. The molecule has 0 aromatic carbocycles. The minimum absolute atomic E-state index is 0.706. The first-order chi connectivity index (χ1) is 7.81. The Labute approximate surface area is 100 Å². The van der Waals surface area contributed by atoms with Crippen LogP contribution in [0.25, 0.3) is 0 Å². The zero-order chi connectivity index (χ0) is 11.4. The highest BCUT2D eigenvalue weighted by molar-refractivity contribution is 4.87. The molecule has 0 radical (unpaired) electrons. The van der Waals surface area contributed by atoms with Crippen LogP contribution in [-0.4, -0.2) is 18.6 Å². The van der Waals surface area contributed by atoms with Gasteiger partial charge in [-0.25, -0.2) is 0 Å².